The van der Waals surface area contributed by atoms with Crippen LogP contribution in [0.15, 0.2) is 78.4 Å². The van der Waals surface area contributed by atoms with Crippen LogP contribution in [0.1, 0.15) is 25.3 Å². The molecule has 2 aliphatic heterocycles. The van der Waals surface area contributed by atoms with E-state index in [0.29, 0.717) is 17.7 Å². The lowest BCUT2D eigenvalue weighted by Gasteiger charge is -2.47. The number of allylic oxidation sites excluding steroid dienone is 3. The molecule has 3 fully saturated rings. The van der Waals surface area contributed by atoms with Crippen LogP contribution >= 0.6 is 11.6 Å². The maximum absolute atomic E-state index is 14.5. The monoisotopic (exact) mass is 670 g/mol. The summed E-state index contributed by atoms with van der Waals surface area (Å²) >= 11 is 6.08. The Morgan fingerprint density at radius 2 is 1.58 bits per heavy atom. The van der Waals surface area contributed by atoms with Gasteiger partial charge in [-0.3, -0.25) is 24.1 Å². The number of phenols is 1. The summed E-state index contributed by atoms with van der Waals surface area (Å²) in [6.07, 6.45) is 6.02. The first-order valence-electron chi connectivity index (χ1n) is 15.6. The third-order valence-electron chi connectivity index (χ3n) is 10.5. The highest BCUT2D eigenvalue weighted by Gasteiger charge is 2.67. The summed E-state index contributed by atoms with van der Waals surface area (Å²) in [5.74, 6) is -5.40. The van der Waals surface area contributed by atoms with Crippen LogP contribution < -0.4 is 19.3 Å². The second kappa shape index (κ2) is 11.6. The van der Waals surface area contributed by atoms with Gasteiger partial charge in [0.05, 0.1) is 53.8 Å². The summed E-state index contributed by atoms with van der Waals surface area (Å²) in [4.78, 5) is 58.9. The van der Waals surface area contributed by atoms with Gasteiger partial charge in [-0.2, -0.15) is 0 Å². The smallest absolute Gasteiger partial charge is 0.241 e. The molecule has 3 aromatic carbocycles. The molecule has 6 atom stereocenters. The van der Waals surface area contributed by atoms with E-state index in [9.17, 15) is 28.7 Å². The summed E-state index contributed by atoms with van der Waals surface area (Å²) in [6.45, 7) is 1.75. The number of anilines is 2. The zero-order valence-corrected chi connectivity index (χ0v) is 27.1. The number of phenolic OH excluding ortho intramolecular Hbond substituents is 1. The van der Waals surface area contributed by atoms with Crippen LogP contribution in [0.5, 0.6) is 17.2 Å². The Morgan fingerprint density at radius 3 is 2.23 bits per heavy atom. The van der Waals surface area contributed by atoms with Crippen molar-refractivity contribution in [3.05, 3.63) is 94.8 Å². The molecule has 7 rings (SSSR count). The lowest BCUT2D eigenvalue weighted by molar-refractivity contribution is -0.132. The van der Waals surface area contributed by atoms with Crippen LogP contribution in [0.2, 0.25) is 5.02 Å². The van der Waals surface area contributed by atoms with Crippen LogP contribution in [0.25, 0.3) is 6.08 Å². The van der Waals surface area contributed by atoms with E-state index >= 15 is 0 Å². The van der Waals surface area contributed by atoms with E-state index in [2.05, 4.69) is 0 Å². The molecule has 6 unspecified atom stereocenters. The van der Waals surface area contributed by atoms with Gasteiger partial charge >= 0.3 is 0 Å². The highest BCUT2D eigenvalue weighted by atomic mass is 35.5. The quantitative estimate of drug-likeness (QED) is 0.246. The van der Waals surface area contributed by atoms with Gasteiger partial charge in [-0.25, -0.2) is 9.29 Å². The standard InChI is InChI=1S/C37H32ClFN2O7/c1-37-25(13-9-19-15-29(47-2)32(42)30(16-19)48-3)22-11-12-23-31(35(45)40(33(23)43)20-7-5-4-6-8-20)24(22)18-26(37)34(44)41(36(37)46)21-10-14-28(39)27(38)17-21/h4-11,13-17,23-26,31,42H,12,18H2,1-3H3. The number of carbonyl (C=O) groups excluding carboxylic acids is 4. The van der Waals surface area contributed by atoms with Crippen molar-refractivity contribution in [1.82, 2.24) is 0 Å². The predicted octanol–water partition coefficient (Wildman–Crippen LogP) is 6.18. The fourth-order valence-corrected chi connectivity index (χ4v) is 8.31. The first-order valence-corrected chi connectivity index (χ1v) is 16.0. The van der Waals surface area contributed by atoms with Crippen LogP contribution in [-0.2, 0) is 19.2 Å². The molecule has 2 heterocycles. The topological polar surface area (TPSA) is 113 Å². The maximum atomic E-state index is 14.5. The Bertz CT molecular complexity index is 1920. The van der Waals surface area contributed by atoms with E-state index in [-0.39, 0.29) is 46.2 Å². The number of methoxy groups -OCH3 is 2. The van der Waals surface area contributed by atoms with Crippen molar-refractivity contribution in [3.8, 4) is 17.2 Å². The van der Waals surface area contributed by atoms with Gasteiger partial charge in [-0.15, -0.1) is 0 Å². The number of fused-ring (bicyclic) bond motifs is 4. The normalized spacial score (nSPS) is 28.0. The fourth-order valence-electron chi connectivity index (χ4n) is 8.14. The number of halogens is 2. The van der Waals surface area contributed by atoms with E-state index in [0.717, 1.165) is 16.5 Å². The van der Waals surface area contributed by atoms with Crippen molar-refractivity contribution in [1.29, 1.82) is 0 Å². The number of nitrogens with zero attached hydrogens (tertiary/aromatic N) is 2. The molecule has 1 saturated carbocycles. The van der Waals surface area contributed by atoms with Crippen molar-refractivity contribution in [2.75, 3.05) is 24.0 Å². The van der Waals surface area contributed by atoms with E-state index in [1.54, 1.807) is 49.4 Å². The first-order chi connectivity index (χ1) is 23.0. The second-order valence-corrected chi connectivity index (χ2v) is 13.2. The minimum absolute atomic E-state index is 0.153. The van der Waals surface area contributed by atoms with E-state index in [4.69, 9.17) is 21.1 Å². The van der Waals surface area contributed by atoms with Crippen LogP contribution in [0, 0.1) is 40.8 Å². The summed E-state index contributed by atoms with van der Waals surface area (Å²) in [7, 11) is 2.83. The van der Waals surface area contributed by atoms with Crippen molar-refractivity contribution < 1.29 is 38.1 Å². The highest BCUT2D eigenvalue weighted by Crippen LogP contribution is 2.61. The molecule has 2 saturated heterocycles. The Labute approximate surface area is 281 Å². The van der Waals surface area contributed by atoms with Gasteiger partial charge in [0.1, 0.15) is 5.82 Å². The minimum atomic E-state index is -1.29. The van der Waals surface area contributed by atoms with Crippen molar-refractivity contribution in [3.63, 3.8) is 0 Å². The predicted molar refractivity (Wildman–Crippen MR) is 176 cm³/mol. The molecule has 0 radical (unpaired) electrons. The average Bonchev–Trinajstić information content (AvgIpc) is 3.45. The molecule has 4 amide bonds. The SMILES string of the molecule is COc1cc(C=CC2C3=CCC4C(=O)N(c5ccccc5)C(=O)C4C3CC3C(=O)N(c4ccc(F)c(Cl)c4)C(=O)C23C)cc(OC)c1O. The molecule has 0 bridgehead atoms. The number of ether oxygens (including phenoxy) is 2. The Balaban J connectivity index is 1.35. The summed E-state index contributed by atoms with van der Waals surface area (Å²) < 4.78 is 24.8. The van der Waals surface area contributed by atoms with Gasteiger partial charge in [0.25, 0.3) is 0 Å². The molecule has 4 aliphatic rings. The molecule has 1 N–H and O–H groups in total. The number of amides is 4. The summed E-state index contributed by atoms with van der Waals surface area (Å²) in [5.41, 5.74) is 0.751. The van der Waals surface area contributed by atoms with E-state index in [1.165, 1.54) is 31.3 Å². The van der Waals surface area contributed by atoms with Crippen molar-refractivity contribution >= 4 is 52.7 Å². The molecule has 0 aromatic heterocycles. The molecule has 48 heavy (non-hydrogen) atoms. The van der Waals surface area contributed by atoms with Gasteiger partial charge in [0, 0.05) is 5.92 Å². The Morgan fingerprint density at radius 1 is 0.896 bits per heavy atom. The summed E-state index contributed by atoms with van der Waals surface area (Å²) in [6, 6.07) is 15.7. The minimum Gasteiger partial charge on any atom is -0.502 e. The molecule has 2 aliphatic carbocycles. The zero-order chi connectivity index (χ0) is 34.1. The van der Waals surface area contributed by atoms with Crippen LogP contribution in [0.3, 0.4) is 0 Å². The number of hydrogen-bond acceptors (Lipinski definition) is 7. The van der Waals surface area contributed by atoms with E-state index < -0.39 is 52.6 Å². The van der Waals surface area contributed by atoms with Crippen molar-refractivity contribution in [2.24, 2.45) is 35.0 Å². The molecular weight excluding hydrogens is 639 g/mol. The second-order valence-electron chi connectivity index (χ2n) is 12.8. The van der Waals surface area contributed by atoms with Gasteiger partial charge < -0.3 is 14.6 Å². The number of carbonyl (C=O) groups is 4. The lowest BCUT2D eigenvalue weighted by Crippen LogP contribution is -2.49. The lowest BCUT2D eigenvalue weighted by atomic mass is 9.52. The first kappa shape index (κ1) is 31.6. The number of rotatable bonds is 6. The number of aromatic hydroxyl groups is 1. The van der Waals surface area contributed by atoms with Gasteiger partial charge in [-0.05, 0) is 73.7 Å². The zero-order valence-electron chi connectivity index (χ0n) is 26.4. The third-order valence-corrected chi connectivity index (χ3v) is 10.8. The number of para-hydroxylation sites is 1. The molecule has 11 heteroatoms. The van der Waals surface area contributed by atoms with Crippen LogP contribution in [-0.4, -0.2) is 43.0 Å². The largest absolute Gasteiger partial charge is 0.502 e. The van der Waals surface area contributed by atoms with Gasteiger partial charge in [0.2, 0.25) is 29.4 Å². The molecule has 0 spiro atoms. The number of hydrogen-bond donors (Lipinski definition) is 1. The highest BCUT2D eigenvalue weighted by molar-refractivity contribution is 6.31. The fraction of sp³-hybridized carbons (Fsp3) is 0.297. The molecule has 9 nitrogen and oxygen atoms in total. The van der Waals surface area contributed by atoms with E-state index in [1.807, 2.05) is 18.2 Å². The molecular formula is C37H32ClFN2O7. The average molecular weight is 671 g/mol. The van der Waals surface area contributed by atoms with Gasteiger partial charge in [-0.1, -0.05) is 53.6 Å². The summed E-state index contributed by atoms with van der Waals surface area (Å²) in [5, 5.41) is 10.2. The number of benzene rings is 3. The third kappa shape index (κ3) is 4.57. The molecule has 3 aromatic rings. The maximum Gasteiger partial charge on any atom is 0.241 e. The van der Waals surface area contributed by atoms with Crippen LogP contribution in [0.4, 0.5) is 15.8 Å². The number of imide groups is 2. The molecule has 246 valence electrons. The van der Waals surface area contributed by atoms with Crippen molar-refractivity contribution in [2.45, 2.75) is 19.8 Å². The Hall–Kier alpha value is -4.96. The van der Waals surface area contributed by atoms with Gasteiger partial charge in [0.15, 0.2) is 11.5 Å². The Kier molecular flexibility index (Phi) is 7.66.